The number of carbonyl (C=O) groups excluding carboxylic acids is 1. The molecule has 0 aliphatic carbocycles. The summed E-state index contributed by atoms with van der Waals surface area (Å²) in [7, 11) is 0. The number of carbonyl (C=O) groups is 1. The van der Waals surface area contributed by atoms with Crippen molar-refractivity contribution in [1.29, 1.82) is 0 Å². The lowest BCUT2D eigenvalue weighted by molar-refractivity contribution is 0.1000. The van der Waals surface area contributed by atoms with Crippen LogP contribution in [0.2, 0.25) is 10.0 Å². The zero-order chi connectivity index (χ0) is 16.3. The Morgan fingerprint density at radius 1 is 1.36 bits per heavy atom. The Kier molecular flexibility index (Phi) is 5.18. The van der Waals surface area contributed by atoms with Crippen LogP contribution >= 0.6 is 23.2 Å². The highest BCUT2D eigenvalue weighted by molar-refractivity contribution is 6.33. The van der Waals surface area contributed by atoms with Gasteiger partial charge in [-0.05, 0) is 23.8 Å². The van der Waals surface area contributed by atoms with Crippen molar-refractivity contribution in [2.75, 3.05) is 11.9 Å². The molecule has 1 aromatic carbocycles. The highest BCUT2D eigenvalue weighted by Crippen LogP contribution is 2.23. The minimum atomic E-state index is -0.986. The lowest BCUT2D eigenvalue weighted by Crippen LogP contribution is -2.15. The van der Waals surface area contributed by atoms with E-state index in [2.05, 4.69) is 10.3 Å². The number of halogens is 3. The number of benzene rings is 1. The first-order valence-electron chi connectivity index (χ1n) is 6.20. The number of hydrogen-bond donors (Lipinski definition) is 3. The highest BCUT2D eigenvalue weighted by atomic mass is 35.5. The van der Waals surface area contributed by atoms with Crippen LogP contribution in [0.5, 0.6) is 0 Å². The van der Waals surface area contributed by atoms with Crippen molar-refractivity contribution >= 4 is 34.9 Å². The van der Waals surface area contributed by atoms with Gasteiger partial charge < -0.3 is 16.2 Å². The highest BCUT2D eigenvalue weighted by Gasteiger charge is 2.12. The molecule has 0 radical (unpaired) electrons. The van der Waals surface area contributed by atoms with Gasteiger partial charge in [0.2, 0.25) is 5.91 Å². The van der Waals surface area contributed by atoms with E-state index in [1.54, 1.807) is 0 Å². The van der Waals surface area contributed by atoms with E-state index < -0.39 is 17.8 Å². The number of nitrogens with two attached hydrogens (primary N) is 1. The van der Waals surface area contributed by atoms with Crippen molar-refractivity contribution in [3.63, 3.8) is 0 Å². The van der Waals surface area contributed by atoms with Crippen LogP contribution in [-0.4, -0.2) is 22.5 Å². The number of nitrogens with zero attached hydrogens (tertiary/aromatic N) is 1. The lowest BCUT2D eigenvalue weighted by atomic mass is 10.1. The minimum absolute atomic E-state index is 0.0179. The molecule has 4 N–H and O–H groups in total. The zero-order valence-electron chi connectivity index (χ0n) is 11.2. The summed E-state index contributed by atoms with van der Waals surface area (Å²) in [4.78, 5) is 14.9. The Morgan fingerprint density at radius 3 is 2.68 bits per heavy atom. The molecule has 0 fully saturated rings. The van der Waals surface area contributed by atoms with Crippen LogP contribution in [0.1, 0.15) is 22.0 Å². The van der Waals surface area contributed by atoms with Crippen molar-refractivity contribution in [1.82, 2.24) is 4.98 Å². The minimum Gasteiger partial charge on any atom is -0.387 e. The fourth-order valence-electron chi connectivity index (χ4n) is 1.73. The summed E-state index contributed by atoms with van der Waals surface area (Å²) in [5.41, 5.74) is 5.65. The number of nitrogens with one attached hydrogen (secondary N) is 1. The van der Waals surface area contributed by atoms with Crippen molar-refractivity contribution < 1.29 is 14.3 Å². The Balaban J connectivity index is 2.06. The van der Waals surface area contributed by atoms with Crippen LogP contribution in [0.25, 0.3) is 0 Å². The number of primary amides is 1. The molecule has 0 bridgehead atoms. The second-order valence-corrected chi connectivity index (χ2v) is 5.30. The zero-order valence-corrected chi connectivity index (χ0v) is 12.7. The molecule has 8 heteroatoms. The van der Waals surface area contributed by atoms with Gasteiger partial charge in [0.05, 0.1) is 21.7 Å². The third-order valence-electron chi connectivity index (χ3n) is 2.92. The van der Waals surface area contributed by atoms with Crippen LogP contribution in [0.15, 0.2) is 30.5 Å². The van der Waals surface area contributed by atoms with E-state index in [-0.39, 0.29) is 28.0 Å². The predicted molar refractivity (Wildman–Crippen MR) is 82.6 cm³/mol. The first-order valence-corrected chi connectivity index (χ1v) is 6.96. The van der Waals surface area contributed by atoms with Crippen molar-refractivity contribution in [2.24, 2.45) is 5.73 Å². The number of aromatic nitrogens is 1. The van der Waals surface area contributed by atoms with Crippen LogP contribution in [0.4, 0.5) is 10.2 Å². The van der Waals surface area contributed by atoms with E-state index in [0.29, 0.717) is 5.56 Å². The molecule has 2 rings (SSSR count). The number of aliphatic hydroxyl groups is 1. The summed E-state index contributed by atoms with van der Waals surface area (Å²) in [6, 6.07) is 5.40. The number of pyridine rings is 1. The largest absolute Gasteiger partial charge is 0.387 e. The Bertz CT molecular complexity index is 712. The first-order chi connectivity index (χ1) is 10.4. The third kappa shape index (κ3) is 3.85. The molecular formula is C14H12Cl2FN3O2. The van der Waals surface area contributed by atoms with Gasteiger partial charge in [0, 0.05) is 12.7 Å². The van der Waals surface area contributed by atoms with E-state index in [0.717, 1.165) is 6.07 Å². The summed E-state index contributed by atoms with van der Waals surface area (Å²) in [6.45, 7) is 0.0453. The summed E-state index contributed by atoms with van der Waals surface area (Å²) in [5, 5.41) is 13.0. The van der Waals surface area contributed by atoms with E-state index in [9.17, 15) is 14.3 Å². The molecule has 0 saturated heterocycles. The molecule has 0 aliphatic heterocycles. The normalized spacial score (nSPS) is 12.0. The fourth-order valence-corrected chi connectivity index (χ4v) is 2.08. The number of anilines is 1. The molecule has 0 saturated carbocycles. The number of amides is 1. The molecule has 2 aromatic rings. The lowest BCUT2D eigenvalue weighted by Gasteiger charge is -2.14. The van der Waals surface area contributed by atoms with Crippen LogP contribution in [0, 0.1) is 5.82 Å². The molecular weight excluding hydrogens is 332 g/mol. The Hall–Kier alpha value is -1.89. The molecule has 1 heterocycles. The Labute approximate surface area is 135 Å². The smallest absolute Gasteiger partial charge is 0.250 e. The number of hydrogen-bond acceptors (Lipinski definition) is 4. The van der Waals surface area contributed by atoms with Gasteiger partial charge in [-0.25, -0.2) is 9.37 Å². The molecule has 116 valence electrons. The second kappa shape index (κ2) is 6.91. The van der Waals surface area contributed by atoms with E-state index in [1.165, 1.54) is 24.4 Å². The van der Waals surface area contributed by atoms with Crippen LogP contribution in [0.3, 0.4) is 0 Å². The average Bonchev–Trinajstić information content (AvgIpc) is 2.48. The van der Waals surface area contributed by atoms with E-state index in [1.807, 2.05) is 0 Å². The molecule has 5 nitrogen and oxygen atoms in total. The average molecular weight is 344 g/mol. The quantitative estimate of drug-likeness (QED) is 0.778. The SMILES string of the molecule is NC(=O)c1cnc(NCC(O)c2ccc(Cl)c(F)c2)c(Cl)c1. The van der Waals surface area contributed by atoms with E-state index in [4.69, 9.17) is 28.9 Å². The van der Waals surface area contributed by atoms with Gasteiger partial charge in [-0.2, -0.15) is 0 Å². The van der Waals surface area contributed by atoms with Gasteiger partial charge in [-0.3, -0.25) is 4.79 Å². The number of rotatable bonds is 5. The molecule has 1 aromatic heterocycles. The maximum atomic E-state index is 13.3. The van der Waals surface area contributed by atoms with Gasteiger partial charge in [-0.15, -0.1) is 0 Å². The topological polar surface area (TPSA) is 88.2 Å². The summed E-state index contributed by atoms with van der Waals surface area (Å²) < 4.78 is 13.3. The van der Waals surface area contributed by atoms with Gasteiger partial charge in [0.15, 0.2) is 0 Å². The first kappa shape index (κ1) is 16.5. The van der Waals surface area contributed by atoms with Crippen LogP contribution < -0.4 is 11.1 Å². The molecule has 22 heavy (non-hydrogen) atoms. The summed E-state index contributed by atoms with van der Waals surface area (Å²) in [6.07, 6.45) is 0.283. The molecule has 1 atom stereocenters. The number of aliphatic hydroxyl groups excluding tert-OH is 1. The molecule has 1 amide bonds. The van der Waals surface area contributed by atoms with E-state index >= 15 is 0 Å². The third-order valence-corrected chi connectivity index (χ3v) is 3.51. The second-order valence-electron chi connectivity index (χ2n) is 4.49. The van der Waals surface area contributed by atoms with Crippen molar-refractivity contribution in [3.8, 4) is 0 Å². The van der Waals surface area contributed by atoms with Gasteiger partial charge in [0.25, 0.3) is 0 Å². The molecule has 0 spiro atoms. The maximum absolute atomic E-state index is 13.3. The molecule has 1 unspecified atom stereocenters. The van der Waals surface area contributed by atoms with Gasteiger partial charge in [0.1, 0.15) is 11.6 Å². The van der Waals surface area contributed by atoms with Crippen LogP contribution in [-0.2, 0) is 0 Å². The molecule has 0 aliphatic rings. The monoisotopic (exact) mass is 343 g/mol. The standard InChI is InChI=1S/C14H12Cl2FN3O2/c15-9-2-1-7(4-11(9)17)12(21)6-20-14-10(16)3-8(5-19-14)13(18)22/h1-5,12,21H,6H2,(H2,18,22)(H,19,20). The maximum Gasteiger partial charge on any atom is 0.250 e. The van der Waals surface area contributed by atoms with Crippen molar-refractivity contribution in [3.05, 3.63) is 57.5 Å². The Morgan fingerprint density at radius 2 is 2.09 bits per heavy atom. The summed E-state index contributed by atoms with van der Waals surface area (Å²) >= 11 is 11.5. The predicted octanol–water partition coefficient (Wildman–Crippen LogP) is 2.77. The van der Waals surface area contributed by atoms with Gasteiger partial charge in [-0.1, -0.05) is 29.3 Å². The van der Waals surface area contributed by atoms with Crippen molar-refractivity contribution in [2.45, 2.75) is 6.10 Å². The summed E-state index contributed by atoms with van der Waals surface area (Å²) in [5.74, 6) is -0.974. The fraction of sp³-hybridized carbons (Fsp3) is 0.143. The van der Waals surface area contributed by atoms with Gasteiger partial charge >= 0.3 is 0 Å².